The van der Waals surface area contributed by atoms with Gasteiger partial charge in [-0.15, -0.1) is 0 Å². The normalized spacial score (nSPS) is 25.5. The van der Waals surface area contributed by atoms with Crippen LogP contribution in [0.5, 0.6) is 0 Å². The van der Waals surface area contributed by atoms with Crippen LogP contribution < -0.4 is 0 Å². The SMILES string of the molecule is CCC1(N2CCN(C(=O)c3n[nH]c4c3CCCC4)CC2)CCN(C(=O)C(C)C)C1. The van der Waals surface area contributed by atoms with Crippen LogP contribution in [0.3, 0.4) is 0 Å². The summed E-state index contributed by atoms with van der Waals surface area (Å²) in [5.74, 6) is 0.395. The highest BCUT2D eigenvalue weighted by Gasteiger charge is 2.44. The Morgan fingerprint density at radius 3 is 2.48 bits per heavy atom. The van der Waals surface area contributed by atoms with E-state index in [4.69, 9.17) is 0 Å². The number of carbonyl (C=O) groups excluding carboxylic acids is 2. The minimum absolute atomic E-state index is 0.0527. The first-order chi connectivity index (χ1) is 13.9. The first-order valence-corrected chi connectivity index (χ1v) is 11.3. The molecule has 2 aliphatic heterocycles. The molecule has 2 amide bonds. The van der Waals surface area contributed by atoms with Crippen molar-refractivity contribution in [2.75, 3.05) is 39.3 Å². The minimum atomic E-state index is 0.0527. The minimum Gasteiger partial charge on any atom is -0.341 e. The molecule has 3 aliphatic rings. The summed E-state index contributed by atoms with van der Waals surface area (Å²) in [7, 11) is 0. The lowest BCUT2D eigenvalue weighted by Gasteiger charge is -2.45. The van der Waals surface area contributed by atoms with Gasteiger partial charge in [-0.2, -0.15) is 5.10 Å². The van der Waals surface area contributed by atoms with Crippen molar-refractivity contribution < 1.29 is 9.59 Å². The van der Waals surface area contributed by atoms with Crippen LogP contribution in [0, 0.1) is 5.92 Å². The van der Waals surface area contributed by atoms with Crippen molar-refractivity contribution in [2.45, 2.75) is 64.8 Å². The lowest BCUT2D eigenvalue weighted by atomic mass is 9.91. The average Bonchev–Trinajstić information content (AvgIpc) is 3.38. The van der Waals surface area contributed by atoms with E-state index in [1.54, 1.807) is 0 Å². The third kappa shape index (κ3) is 3.69. The molecule has 2 saturated heterocycles. The van der Waals surface area contributed by atoms with Crippen molar-refractivity contribution in [1.82, 2.24) is 24.9 Å². The summed E-state index contributed by atoms with van der Waals surface area (Å²) in [6.07, 6.45) is 6.36. The molecule has 7 nitrogen and oxygen atoms in total. The van der Waals surface area contributed by atoms with E-state index in [2.05, 4.69) is 22.0 Å². The topological polar surface area (TPSA) is 72.5 Å². The van der Waals surface area contributed by atoms with Crippen molar-refractivity contribution in [1.29, 1.82) is 0 Å². The lowest BCUT2D eigenvalue weighted by molar-refractivity contribution is -0.134. The maximum atomic E-state index is 13.1. The van der Waals surface area contributed by atoms with Gasteiger partial charge in [-0.3, -0.25) is 19.6 Å². The first kappa shape index (κ1) is 20.4. The zero-order chi connectivity index (χ0) is 20.6. The third-order valence-corrected chi connectivity index (χ3v) is 7.29. The summed E-state index contributed by atoms with van der Waals surface area (Å²) >= 11 is 0. The number of aryl methyl sites for hydroxylation is 1. The molecule has 1 aromatic heterocycles. The fourth-order valence-corrected chi connectivity index (χ4v) is 5.37. The number of piperazine rings is 1. The molecule has 0 saturated carbocycles. The second-order valence-corrected chi connectivity index (χ2v) is 9.26. The van der Waals surface area contributed by atoms with Crippen LogP contribution in [-0.2, 0) is 17.6 Å². The number of rotatable bonds is 4. The van der Waals surface area contributed by atoms with E-state index in [0.29, 0.717) is 5.69 Å². The van der Waals surface area contributed by atoms with E-state index < -0.39 is 0 Å². The largest absolute Gasteiger partial charge is 0.341 e. The first-order valence-electron chi connectivity index (χ1n) is 11.3. The quantitative estimate of drug-likeness (QED) is 0.838. The molecule has 1 aromatic rings. The summed E-state index contributed by atoms with van der Waals surface area (Å²) in [5.41, 5.74) is 3.01. The molecular formula is C22H35N5O2. The molecule has 1 aliphatic carbocycles. The molecule has 0 aromatic carbocycles. The molecule has 160 valence electrons. The molecule has 1 N–H and O–H groups in total. The number of fused-ring (bicyclic) bond motifs is 1. The van der Waals surface area contributed by atoms with Crippen LogP contribution in [0.1, 0.15) is 68.2 Å². The second-order valence-electron chi connectivity index (χ2n) is 9.26. The van der Waals surface area contributed by atoms with E-state index in [0.717, 1.165) is 82.6 Å². The summed E-state index contributed by atoms with van der Waals surface area (Å²) in [6.45, 7) is 11.1. The highest BCUT2D eigenvalue weighted by Crippen LogP contribution is 2.33. The summed E-state index contributed by atoms with van der Waals surface area (Å²) in [4.78, 5) is 32.1. The fraction of sp³-hybridized carbons (Fsp3) is 0.773. The number of nitrogens with zero attached hydrogens (tertiary/aromatic N) is 4. The fourth-order valence-electron chi connectivity index (χ4n) is 5.37. The molecule has 29 heavy (non-hydrogen) atoms. The Morgan fingerprint density at radius 1 is 1.07 bits per heavy atom. The van der Waals surface area contributed by atoms with Gasteiger partial charge < -0.3 is 9.80 Å². The lowest BCUT2D eigenvalue weighted by Crippen LogP contribution is -2.59. The van der Waals surface area contributed by atoms with E-state index in [-0.39, 0.29) is 23.3 Å². The van der Waals surface area contributed by atoms with Gasteiger partial charge in [0.2, 0.25) is 5.91 Å². The monoisotopic (exact) mass is 401 g/mol. The Labute approximate surface area is 173 Å². The zero-order valence-corrected chi connectivity index (χ0v) is 18.2. The van der Waals surface area contributed by atoms with Gasteiger partial charge in [-0.05, 0) is 38.5 Å². The van der Waals surface area contributed by atoms with E-state index in [9.17, 15) is 9.59 Å². The number of H-pyrrole nitrogens is 1. The number of aromatic amines is 1. The molecule has 0 bridgehead atoms. The molecule has 7 heteroatoms. The molecule has 1 unspecified atom stereocenters. The number of amides is 2. The van der Waals surface area contributed by atoms with Gasteiger partial charge in [-0.25, -0.2) is 0 Å². The second kappa shape index (κ2) is 8.09. The summed E-state index contributed by atoms with van der Waals surface area (Å²) < 4.78 is 0. The summed E-state index contributed by atoms with van der Waals surface area (Å²) in [6, 6.07) is 0. The molecule has 1 atom stereocenters. The van der Waals surface area contributed by atoms with Gasteiger partial charge >= 0.3 is 0 Å². The van der Waals surface area contributed by atoms with Gasteiger partial charge in [0.05, 0.1) is 0 Å². The number of likely N-dealkylation sites (tertiary alicyclic amines) is 1. The number of nitrogens with one attached hydrogen (secondary N) is 1. The highest BCUT2D eigenvalue weighted by atomic mass is 16.2. The Hall–Kier alpha value is -1.89. The average molecular weight is 402 g/mol. The highest BCUT2D eigenvalue weighted by molar-refractivity contribution is 5.94. The van der Waals surface area contributed by atoms with Gasteiger partial charge in [-0.1, -0.05) is 20.8 Å². The maximum absolute atomic E-state index is 13.1. The predicted octanol–water partition coefficient (Wildman–Crippen LogP) is 2.08. The van der Waals surface area contributed by atoms with Crippen LogP contribution in [0.4, 0.5) is 0 Å². The van der Waals surface area contributed by atoms with Crippen molar-refractivity contribution >= 4 is 11.8 Å². The Morgan fingerprint density at radius 2 is 1.79 bits per heavy atom. The van der Waals surface area contributed by atoms with E-state index in [1.807, 2.05) is 23.6 Å². The summed E-state index contributed by atoms with van der Waals surface area (Å²) in [5, 5.41) is 7.47. The Balaban J connectivity index is 1.39. The van der Waals surface area contributed by atoms with Crippen molar-refractivity contribution in [3.8, 4) is 0 Å². The van der Waals surface area contributed by atoms with Crippen molar-refractivity contribution in [3.63, 3.8) is 0 Å². The molecule has 0 spiro atoms. The van der Waals surface area contributed by atoms with Crippen LogP contribution in [0.25, 0.3) is 0 Å². The maximum Gasteiger partial charge on any atom is 0.274 e. The van der Waals surface area contributed by atoms with Crippen LogP contribution in [0.2, 0.25) is 0 Å². The smallest absolute Gasteiger partial charge is 0.274 e. The number of hydrogen-bond donors (Lipinski definition) is 1. The molecule has 2 fully saturated rings. The van der Waals surface area contributed by atoms with E-state index in [1.165, 1.54) is 6.42 Å². The van der Waals surface area contributed by atoms with E-state index >= 15 is 0 Å². The van der Waals surface area contributed by atoms with Crippen LogP contribution in [0.15, 0.2) is 0 Å². The Kier molecular flexibility index (Phi) is 5.69. The van der Waals surface area contributed by atoms with Crippen LogP contribution >= 0.6 is 0 Å². The zero-order valence-electron chi connectivity index (χ0n) is 18.2. The molecule has 0 radical (unpaired) electrons. The van der Waals surface area contributed by atoms with Crippen molar-refractivity contribution in [3.05, 3.63) is 17.0 Å². The molecule has 4 rings (SSSR count). The van der Waals surface area contributed by atoms with Crippen molar-refractivity contribution in [2.24, 2.45) is 5.92 Å². The number of aromatic nitrogens is 2. The molecule has 3 heterocycles. The standard InChI is InChI=1S/C22H35N5O2/c1-4-22(9-10-26(15-22)20(28)16(2)3)27-13-11-25(12-14-27)21(29)19-17-7-5-6-8-18(17)23-24-19/h16H,4-15H2,1-3H3,(H,23,24). The van der Waals surface area contributed by atoms with Gasteiger partial charge in [0.1, 0.15) is 0 Å². The van der Waals surface area contributed by atoms with Gasteiger partial charge in [0.25, 0.3) is 5.91 Å². The predicted molar refractivity (Wildman–Crippen MR) is 112 cm³/mol. The Bertz CT molecular complexity index is 765. The van der Waals surface area contributed by atoms with Gasteiger partial charge in [0, 0.05) is 62.0 Å². The number of hydrogen-bond acceptors (Lipinski definition) is 4. The molecular weight excluding hydrogens is 366 g/mol. The van der Waals surface area contributed by atoms with Crippen LogP contribution in [-0.4, -0.2) is 81.5 Å². The van der Waals surface area contributed by atoms with Gasteiger partial charge in [0.15, 0.2) is 5.69 Å². The third-order valence-electron chi connectivity index (χ3n) is 7.29. The number of carbonyl (C=O) groups is 2.